The number of nitrogens with zero attached hydrogens (tertiary/aromatic N) is 3. The van der Waals surface area contributed by atoms with E-state index >= 15 is 0 Å². The van der Waals surface area contributed by atoms with Crippen molar-refractivity contribution in [2.75, 3.05) is 0 Å². The van der Waals surface area contributed by atoms with E-state index in [1.165, 1.54) is 23.9 Å². The molecule has 23 heavy (non-hydrogen) atoms. The summed E-state index contributed by atoms with van der Waals surface area (Å²) in [5.41, 5.74) is 1.63. The van der Waals surface area contributed by atoms with Gasteiger partial charge in [0.15, 0.2) is 0 Å². The Kier molecular flexibility index (Phi) is 4.73. The van der Waals surface area contributed by atoms with E-state index < -0.39 is 4.92 Å². The maximum Gasteiger partial charge on any atom is 0.277 e. The largest absolute Gasteiger partial charge is 0.411 e. The second-order valence-electron chi connectivity index (χ2n) is 4.56. The SMILES string of the molecule is O=[N+]([O-])c1cccc(-c2nnc(SCc3ccccc3Br)o2)c1. The third-order valence-electron chi connectivity index (χ3n) is 3.02. The summed E-state index contributed by atoms with van der Waals surface area (Å²) in [7, 11) is 0. The van der Waals surface area contributed by atoms with E-state index in [2.05, 4.69) is 26.1 Å². The molecule has 3 aromatic rings. The zero-order valence-electron chi connectivity index (χ0n) is 11.7. The van der Waals surface area contributed by atoms with Crippen molar-refractivity contribution in [2.45, 2.75) is 11.0 Å². The first kappa shape index (κ1) is 15.7. The molecule has 0 bridgehead atoms. The summed E-state index contributed by atoms with van der Waals surface area (Å²) in [5.74, 6) is 0.946. The van der Waals surface area contributed by atoms with Crippen LogP contribution in [-0.2, 0) is 5.75 Å². The minimum atomic E-state index is -0.456. The molecule has 8 heteroatoms. The highest BCUT2D eigenvalue weighted by atomic mass is 79.9. The summed E-state index contributed by atoms with van der Waals surface area (Å²) < 4.78 is 6.59. The third kappa shape index (κ3) is 3.77. The van der Waals surface area contributed by atoms with Gasteiger partial charge in [0.25, 0.3) is 10.9 Å². The number of nitro groups is 1. The Morgan fingerprint density at radius 2 is 2.00 bits per heavy atom. The molecule has 0 amide bonds. The minimum Gasteiger partial charge on any atom is -0.411 e. The van der Waals surface area contributed by atoms with E-state index in [0.717, 1.165) is 10.0 Å². The number of aromatic nitrogens is 2. The van der Waals surface area contributed by atoms with Crippen LogP contribution >= 0.6 is 27.7 Å². The fourth-order valence-corrected chi connectivity index (χ4v) is 3.27. The topological polar surface area (TPSA) is 82.1 Å². The van der Waals surface area contributed by atoms with Crippen molar-refractivity contribution < 1.29 is 9.34 Å². The quantitative estimate of drug-likeness (QED) is 0.356. The zero-order chi connectivity index (χ0) is 16.2. The average Bonchev–Trinajstić information content (AvgIpc) is 3.03. The van der Waals surface area contributed by atoms with Crippen LogP contribution in [0.25, 0.3) is 11.5 Å². The highest BCUT2D eigenvalue weighted by Gasteiger charge is 2.13. The second-order valence-corrected chi connectivity index (χ2v) is 6.34. The number of nitro benzene ring substituents is 1. The lowest BCUT2D eigenvalue weighted by Gasteiger charge is -2.00. The van der Waals surface area contributed by atoms with Crippen molar-refractivity contribution >= 4 is 33.4 Å². The van der Waals surface area contributed by atoms with Gasteiger partial charge >= 0.3 is 0 Å². The first-order valence-electron chi connectivity index (χ1n) is 6.58. The molecule has 0 fully saturated rings. The maximum absolute atomic E-state index is 10.8. The molecule has 1 aromatic heterocycles. The Balaban J connectivity index is 1.74. The number of non-ortho nitro benzene ring substituents is 1. The lowest BCUT2D eigenvalue weighted by Crippen LogP contribution is -1.88. The van der Waals surface area contributed by atoms with Crippen molar-refractivity contribution in [3.05, 3.63) is 68.7 Å². The maximum atomic E-state index is 10.8. The predicted molar refractivity (Wildman–Crippen MR) is 90.1 cm³/mol. The van der Waals surface area contributed by atoms with E-state index in [1.54, 1.807) is 12.1 Å². The van der Waals surface area contributed by atoms with Gasteiger partial charge in [0.2, 0.25) is 5.89 Å². The molecule has 0 atom stereocenters. The van der Waals surface area contributed by atoms with Gasteiger partial charge in [-0.3, -0.25) is 10.1 Å². The van der Waals surface area contributed by atoms with Gasteiger partial charge in [0, 0.05) is 27.9 Å². The smallest absolute Gasteiger partial charge is 0.277 e. The molecule has 0 spiro atoms. The van der Waals surface area contributed by atoms with Crippen molar-refractivity contribution in [3.8, 4) is 11.5 Å². The fraction of sp³-hybridized carbons (Fsp3) is 0.0667. The predicted octanol–water partition coefficient (Wildman–Crippen LogP) is 4.70. The Labute approximate surface area is 144 Å². The van der Waals surface area contributed by atoms with Crippen LogP contribution in [0.4, 0.5) is 5.69 Å². The van der Waals surface area contributed by atoms with Crippen LogP contribution in [0.1, 0.15) is 5.56 Å². The van der Waals surface area contributed by atoms with Crippen molar-refractivity contribution in [3.63, 3.8) is 0 Å². The highest BCUT2D eigenvalue weighted by molar-refractivity contribution is 9.10. The average molecular weight is 392 g/mol. The molecule has 0 N–H and O–H groups in total. The number of thioether (sulfide) groups is 1. The molecule has 0 radical (unpaired) electrons. The lowest BCUT2D eigenvalue weighted by molar-refractivity contribution is -0.384. The van der Waals surface area contributed by atoms with Gasteiger partial charge in [0.1, 0.15) is 0 Å². The monoisotopic (exact) mass is 391 g/mol. The number of hydrogen-bond acceptors (Lipinski definition) is 6. The second kappa shape index (κ2) is 6.93. The number of halogens is 1. The van der Waals surface area contributed by atoms with Crippen LogP contribution in [0.5, 0.6) is 0 Å². The Morgan fingerprint density at radius 1 is 1.17 bits per heavy atom. The van der Waals surface area contributed by atoms with Gasteiger partial charge in [-0.15, -0.1) is 10.2 Å². The molecule has 0 aliphatic rings. The summed E-state index contributed by atoms with van der Waals surface area (Å²) in [6.07, 6.45) is 0. The van der Waals surface area contributed by atoms with E-state index in [9.17, 15) is 10.1 Å². The molecular formula is C15H10BrN3O3S. The molecule has 0 aliphatic heterocycles. The Morgan fingerprint density at radius 3 is 2.78 bits per heavy atom. The summed E-state index contributed by atoms with van der Waals surface area (Å²) in [5, 5.41) is 19.2. The summed E-state index contributed by atoms with van der Waals surface area (Å²) >= 11 is 4.90. The van der Waals surface area contributed by atoms with Gasteiger partial charge in [-0.1, -0.05) is 52.0 Å². The molecule has 6 nitrogen and oxygen atoms in total. The normalized spacial score (nSPS) is 10.7. The van der Waals surface area contributed by atoms with Crippen LogP contribution in [0.15, 0.2) is 62.6 Å². The lowest BCUT2D eigenvalue weighted by atomic mass is 10.2. The summed E-state index contributed by atoms with van der Waals surface area (Å²) in [6.45, 7) is 0. The molecule has 0 aliphatic carbocycles. The van der Waals surface area contributed by atoms with Crippen molar-refractivity contribution in [2.24, 2.45) is 0 Å². The summed E-state index contributed by atoms with van der Waals surface area (Å²) in [4.78, 5) is 10.4. The molecule has 116 valence electrons. The van der Waals surface area contributed by atoms with Crippen LogP contribution in [0.2, 0.25) is 0 Å². The van der Waals surface area contributed by atoms with Crippen LogP contribution < -0.4 is 0 Å². The number of hydrogen-bond donors (Lipinski definition) is 0. The Hall–Kier alpha value is -2.19. The number of benzene rings is 2. The fourth-order valence-electron chi connectivity index (χ4n) is 1.89. The van der Waals surface area contributed by atoms with E-state index in [1.807, 2.05) is 24.3 Å². The van der Waals surface area contributed by atoms with E-state index in [-0.39, 0.29) is 11.6 Å². The van der Waals surface area contributed by atoms with Crippen LogP contribution in [-0.4, -0.2) is 15.1 Å². The van der Waals surface area contributed by atoms with E-state index in [4.69, 9.17) is 4.42 Å². The molecule has 0 saturated heterocycles. The molecular weight excluding hydrogens is 382 g/mol. The highest BCUT2D eigenvalue weighted by Crippen LogP contribution is 2.29. The first-order valence-corrected chi connectivity index (χ1v) is 8.36. The van der Waals surface area contributed by atoms with Crippen LogP contribution in [0.3, 0.4) is 0 Å². The standard InChI is InChI=1S/C15H10BrN3O3S/c16-13-7-2-1-4-11(13)9-23-15-18-17-14(22-15)10-5-3-6-12(8-10)19(20)21/h1-8H,9H2. The van der Waals surface area contributed by atoms with Gasteiger partial charge < -0.3 is 4.42 Å². The number of rotatable bonds is 5. The van der Waals surface area contributed by atoms with E-state index in [0.29, 0.717) is 16.5 Å². The zero-order valence-corrected chi connectivity index (χ0v) is 14.1. The summed E-state index contributed by atoms with van der Waals surface area (Å²) in [6, 6.07) is 14.0. The van der Waals surface area contributed by atoms with Gasteiger partial charge in [-0.25, -0.2) is 0 Å². The molecule has 0 unspecified atom stereocenters. The molecule has 2 aromatic carbocycles. The third-order valence-corrected chi connectivity index (χ3v) is 4.66. The first-order chi connectivity index (χ1) is 11.1. The molecule has 1 heterocycles. The minimum absolute atomic E-state index is 0.0110. The van der Waals surface area contributed by atoms with Gasteiger partial charge in [-0.05, 0) is 17.7 Å². The van der Waals surface area contributed by atoms with Gasteiger partial charge in [-0.2, -0.15) is 0 Å². The van der Waals surface area contributed by atoms with Crippen LogP contribution in [0, 0.1) is 10.1 Å². The molecule has 0 saturated carbocycles. The Bertz CT molecular complexity index is 853. The molecule has 3 rings (SSSR count). The van der Waals surface area contributed by atoms with Crippen molar-refractivity contribution in [1.82, 2.24) is 10.2 Å². The van der Waals surface area contributed by atoms with Gasteiger partial charge in [0.05, 0.1) is 4.92 Å². The van der Waals surface area contributed by atoms with Crippen molar-refractivity contribution in [1.29, 1.82) is 0 Å².